The van der Waals surface area contributed by atoms with Gasteiger partial charge in [-0.3, -0.25) is 9.59 Å². The molecule has 0 saturated carbocycles. The maximum atomic E-state index is 12.8. The number of carbonyl (C=O) groups is 2. The van der Waals surface area contributed by atoms with Gasteiger partial charge in [-0.15, -0.1) is 0 Å². The average molecular weight is 451 g/mol. The molecule has 30 heavy (non-hydrogen) atoms. The van der Waals surface area contributed by atoms with E-state index in [1.807, 2.05) is 30.3 Å². The number of benzene rings is 2. The van der Waals surface area contributed by atoms with Crippen molar-refractivity contribution >= 4 is 46.9 Å². The third-order valence-corrected chi connectivity index (χ3v) is 6.11. The lowest BCUT2D eigenvalue weighted by molar-refractivity contribution is -0.130. The summed E-state index contributed by atoms with van der Waals surface area (Å²) in [6, 6.07) is 14.2. The molecule has 0 radical (unpaired) electrons. The molecule has 158 valence electrons. The predicted octanol–water partition coefficient (Wildman–Crippen LogP) is 5.55. The van der Waals surface area contributed by atoms with Crippen LogP contribution in [0.1, 0.15) is 18.4 Å². The normalized spacial score (nSPS) is 15.0. The summed E-state index contributed by atoms with van der Waals surface area (Å²) >= 11 is 6.32. The van der Waals surface area contributed by atoms with Gasteiger partial charge in [0.05, 0.1) is 15.6 Å². The molecule has 1 fully saturated rings. The summed E-state index contributed by atoms with van der Waals surface area (Å²) in [5.74, 6) is -3.28. The number of likely N-dealkylation sites (tertiary alicyclic amines) is 1. The quantitative estimate of drug-likeness (QED) is 0.464. The summed E-state index contributed by atoms with van der Waals surface area (Å²) in [4.78, 5) is 26.9. The number of piperidine rings is 1. The van der Waals surface area contributed by atoms with E-state index in [2.05, 4.69) is 5.32 Å². The number of rotatable bonds is 6. The summed E-state index contributed by atoms with van der Waals surface area (Å²) in [6.07, 6.45) is 4.32. The number of hydrogen-bond donors (Lipinski definition) is 1. The van der Waals surface area contributed by atoms with Crippen LogP contribution in [0.2, 0.25) is 5.02 Å². The van der Waals surface area contributed by atoms with Crippen LogP contribution in [0.4, 0.5) is 14.5 Å². The van der Waals surface area contributed by atoms with Crippen LogP contribution >= 0.6 is 23.4 Å². The molecule has 1 N–H and O–H groups in total. The highest BCUT2D eigenvalue weighted by Crippen LogP contribution is 2.38. The van der Waals surface area contributed by atoms with Gasteiger partial charge in [0.2, 0.25) is 11.8 Å². The van der Waals surface area contributed by atoms with Crippen LogP contribution in [-0.4, -0.2) is 35.6 Å². The maximum absolute atomic E-state index is 12.8. The summed E-state index contributed by atoms with van der Waals surface area (Å²) in [5, 5.41) is 2.89. The Morgan fingerprint density at radius 2 is 1.80 bits per heavy atom. The van der Waals surface area contributed by atoms with E-state index in [1.165, 1.54) is 12.1 Å². The largest absolute Gasteiger partial charge is 0.339 e. The lowest BCUT2D eigenvalue weighted by Crippen LogP contribution is -2.40. The molecule has 0 aliphatic carbocycles. The Balaban J connectivity index is 1.55. The minimum Gasteiger partial charge on any atom is -0.339 e. The molecule has 1 aliphatic heterocycles. The van der Waals surface area contributed by atoms with Gasteiger partial charge in [0.1, 0.15) is 0 Å². The third kappa shape index (κ3) is 6.06. The second-order valence-corrected chi connectivity index (χ2v) is 8.24. The lowest BCUT2D eigenvalue weighted by Gasteiger charge is -2.30. The first-order valence-electron chi connectivity index (χ1n) is 9.50. The molecule has 1 aliphatic rings. The number of amides is 2. The minimum atomic E-state index is -2.64. The maximum Gasteiger partial charge on any atom is 0.289 e. The van der Waals surface area contributed by atoms with E-state index >= 15 is 0 Å². The number of anilines is 1. The van der Waals surface area contributed by atoms with Gasteiger partial charge in [0, 0.05) is 25.1 Å². The van der Waals surface area contributed by atoms with Crippen molar-refractivity contribution in [1.29, 1.82) is 0 Å². The van der Waals surface area contributed by atoms with Crippen molar-refractivity contribution in [3.05, 3.63) is 65.2 Å². The Hall–Kier alpha value is -2.38. The SMILES string of the molecule is O=C(Nc1cccc(Cl)c1SC(F)F)C1CCN(C(=O)/C=C/c2ccccc2)CC1. The molecule has 8 heteroatoms. The number of nitrogens with zero attached hydrogens (tertiary/aromatic N) is 1. The van der Waals surface area contributed by atoms with Gasteiger partial charge in [0.15, 0.2) is 0 Å². The van der Waals surface area contributed by atoms with Crippen molar-refractivity contribution in [3.8, 4) is 0 Å². The minimum absolute atomic E-state index is 0.0943. The fourth-order valence-electron chi connectivity index (χ4n) is 3.25. The Kier molecular flexibility index (Phi) is 7.87. The van der Waals surface area contributed by atoms with Crippen molar-refractivity contribution in [2.24, 2.45) is 5.92 Å². The van der Waals surface area contributed by atoms with Crippen LogP contribution in [0.15, 0.2) is 59.5 Å². The molecule has 0 spiro atoms. The van der Waals surface area contributed by atoms with Crippen molar-refractivity contribution in [2.75, 3.05) is 18.4 Å². The van der Waals surface area contributed by atoms with E-state index in [-0.39, 0.29) is 33.3 Å². The van der Waals surface area contributed by atoms with Crippen molar-refractivity contribution in [3.63, 3.8) is 0 Å². The van der Waals surface area contributed by atoms with Crippen molar-refractivity contribution in [2.45, 2.75) is 23.5 Å². The smallest absolute Gasteiger partial charge is 0.289 e. The number of hydrogen-bond acceptors (Lipinski definition) is 3. The monoisotopic (exact) mass is 450 g/mol. The number of thioether (sulfide) groups is 1. The topological polar surface area (TPSA) is 49.4 Å². The Bertz CT molecular complexity index is 917. The van der Waals surface area contributed by atoms with E-state index in [0.717, 1.165) is 5.56 Å². The number of alkyl halides is 2. The lowest BCUT2D eigenvalue weighted by atomic mass is 9.95. The Morgan fingerprint density at radius 1 is 1.10 bits per heavy atom. The highest BCUT2D eigenvalue weighted by atomic mass is 35.5. The van der Waals surface area contributed by atoms with Crippen LogP contribution in [0, 0.1) is 5.92 Å². The van der Waals surface area contributed by atoms with Crippen molar-refractivity contribution < 1.29 is 18.4 Å². The zero-order chi connectivity index (χ0) is 21.5. The first-order valence-corrected chi connectivity index (χ1v) is 10.8. The zero-order valence-electron chi connectivity index (χ0n) is 16.1. The molecule has 0 unspecified atom stereocenters. The van der Waals surface area contributed by atoms with Gasteiger partial charge in [-0.25, -0.2) is 0 Å². The second-order valence-electron chi connectivity index (χ2n) is 6.83. The highest BCUT2D eigenvalue weighted by Gasteiger charge is 2.27. The first-order chi connectivity index (χ1) is 14.4. The molecule has 1 saturated heterocycles. The highest BCUT2D eigenvalue weighted by molar-refractivity contribution is 7.99. The average Bonchev–Trinajstić information content (AvgIpc) is 2.75. The standard InChI is InChI=1S/C22H21ClF2N2O2S/c23-17-7-4-8-18(20(17)30-22(24)25)26-21(29)16-11-13-27(14-12-16)19(28)10-9-15-5-2-1-3-6-15/h1-10,16,22H,11-14H2,(H,26,29)/b10-9+. The van der Waals surface area contributed by atoms with Crippen LogP contribution < -0.4 is 5.32 Å². The van der Waals surface area contributed by atoms with Crippen LogP contribution in [0.5, 0.6) is 0 Å². The van der Waals surface area contributed by atoms with E-state index in [0.29, 0.717) is 37.7 Å². The Labute approximate surface area is 183 Å². The molecule has 1 heterocycles. The van der Waals surface area contributed by atoms with Gasteiger partial charge in [-0.2, -0.15) is 8.78 Å². The van der Waals surface area contributed by atoms with E-state index in [4.69, 9.17) is 11.6 Å². The van der Waals surface area contributed by atoms with Gasteiger partial charge in [-0.05, 0) is 36.6 Å². The van der Waals surface area contributed by atoms with Crippen molar-refractivity contribution in [1.82, 2.24) is 4.90 Å². The van der Waals surface area contributed by atoms with Crippen LogP contribution in [0.3, 0.4) is 0 Å². The molecule has 4 nitrogen and oxygen atoms in total. The summed E-state index contributed by atoms with van der Waals surface area (Å²) < 4.78 is 25.6. The van der Waals surface area contributed by atoms with E-state index < -0.39 is 5.76 Å². The van der Waals surface area contributed by atoms with Crippen LogP contribution in [0.25, 0.3) is 6.08 Å². The first kappa shape index (κ1) is 22.3. The molecular formula is C22H21ClF2N2O2S. The van der Waals surface area contributed by atoms with E-state index in [1.54, 1.807) is 23.1 Å². The molecule has 0 aromatic heterocycles. The molecule has 0 atom stereocenters. The summed E-state index contributed by atoms with van der Waals surface area (Å²) in [7, 11) is 0. The summed E-state index contributed by atoms with van der Waals surface area (Å²) in [6.45, 7) is 0.925. The number of carbonyl (C=O) groups excluding carboxylic acids is 2. The molecule has 2 aromatic rings. The van der Waals surface area contributed by atoms with Gasteiger partial charge >= 0.3 is 0 Å². The molecule has 0 bridgehead atoms. The predicted molar refractivity (Wildman–Crippen MR) is 117 cm³/mol. The van der Waals surface area contributed by atoms with Crippen LogP contribution in [-0.2, 0) is 9.59 Å². The number of halogens is 3. The summed E-state index contributed by atoms with van der Waals surface area (Å²) in [5.41, 5.74) is 1.22. The second kappa shape index (κ2) is 10.6. The third-order valence-electron chi connectivity index (χ3n) is 4.83. The van der Waals surface area contributed by atoms with Gasteiger partial charge in [0.25, 0.3) is 5.76 Å². The fraction of sp³-hybridized carbons (Fsp3) is 0.273. The zero-order valence-corrected chi connectivity index (χ0v) is 17.6. The fourth-order valence-corrected chi connectivity index (χ4v) is 4.16. The number of nitrogens with one attached hydrogen (secondary N) is 1. The Morgan fingerprint density at radius 3 is 2.47 bits per heavy atom. The van der Waals surface area contributed by atoms with Gasteiger partial charge < -0.3 is 10.2 Å². The van der Waals surface area contributed by atoms with Gasteiger partial charge in [-0.1, -0.05) is 59.8 Å². The molecule has 2 aromatic carbocycles. The molecule has 3 rings (SSSR count). The molecule has 2 amide bonds. The van der Waals surface area contributed by atoms with E-state index in [9.17, 15) is 18.4 Å². The molecular weight excluding hydrogens is 430 g/mol.